The number of aromatic nitrogens is 5. The van der Waals surface area contributed by atoms with Crippen LogP contribution in [0, 0.1) is 6.92 Å². The van der Waals surface area contributed by atoms with E-state index in [9.17, 15) is 0 Å². The molecule has 16 heavy (non-hydrogen) atoms. The van der Waals surface area contributed by atoms with E-state index >= 15 is 0 Å². The molecule has 6 nitrogen and oxygen atoms in total. The lowest BCUT2D eigenvalue weighted by Crippen LogP contribution is -2.06. The number of hydrogen-bond acceptors (Lipinski definition) is 5. The van der Waals surface area contributed by atoms with Gasteiger partial charge in [0, 0.05) is 6.20 Å². The van der Waals surface area contributed by atoms with Crippen LogP contribution in [0.2, 0.25) is 5.28 Å². The zero-order valence-corrected chi connectivity index (χ0v) is 9.64. The fourth-order valence-electron chi connectivity index (χ4n) is 1.14. The average molecular weight is 240 g/mol. The summed E-state index contributed by atoms with van der Waals surface area (Å²) in [4.78, 5) is 11.9. The predicted molar refractivity (Wildman–Crippen MR) is 57.9 cm³/mol. The zero-order chi connectivity index (χ0) is 11.5. The largest absolute Gasteiger partial charge is 0.464 e. The number of nitrogens with zero attached hydrogens (tertiary/aromatic N) is 5. The minimum Gasteiger partial charge on any atom is -0.464 e. The normalized spacial score (nSPS) is 10.4. The van der Waals surface area contributed by atoms with Crippen molar-refractivity contribution in [3.63, 3.8) is 0 Å². The highest BCUT2D eigenvalue weighted by atomic mass is 35.5. The lowest BCUT2D eigenvalue weighted by Gasteiger charge is -2.03. The van der Waals surface area contributed by atoms with E-state index in [4.69, 9.17) is 16.3 Å². The third kappa shape index (κ3) is 2.27. The molecule has 0 aliphatic heterocycles. The summed E-state index contributed by atoms with van der Waals surface area (Å²) in [5.41, 5.74) is 1.01. The Hall–Kier alpha value is -1.69. The van der Waals surface area contributed by atoms with Crippen molar-refractivity contribution in [1.82, 2.24) is 24.7 Å². The molecule has 0 atom stereocenters. The number of aryl methyl sites for hydroxylation is 1. The highest BCUT2D eigenvalue weighted by Gasteiger charge is 2.08. The van der Waals surface area contributed by atoms with Gasteiger partial charge in [0.25, 0.3) is 5.95 Å². The maximum atomic E-state index is 5.76. The standard InChI is InChI=1S/C9H10ClN5O/c1-3-16-9-13-7(10)12-8(14-9)15-5-6(2)4-11-15/h4-5H,3H2,1-2H3. The van der Waals surface area contributed by atoms with Gasteiger partial charge in [-0.05, 0) is 31.0 Å². The Morgan fingerprint density at radius 1 is 1.38 bits per heavy atom. The van der Waals surface area contributed by atoms with Crippen LogP contribution in [0.25, 0.3) is 5.95 Å². The highest BCUT2D eigenvalue weighted by molar-refractivity contribution is 6.28. The molecule has 0 aliphatic carbocycles. The van der Waals surface area contributed by atoms with E-state index in [1.807, 2.05) is 13.8 Å². The van der Waals surface area contributed by atoms with E-state index < -0.39 is 0 Å². The maximum Gasteiger partial charge on any atom is 0.322 e. The van der Waals surface area contributed by atoms with Gasteiger partial charge < -0.3 is 4.74 Å². The van der Waals surface area contributed by atoms with E-state index in [2.05, 4.69) is 20.1 Å². The first-order valence-corrected chi connectivity index (χ1v) is 5.13. The van der Waals surface area contributed by atoms with Gasteiger partial charge in [0.1, 0.15) is 0 Å². The highest BCUT2D eigenvalue weighted by Crippen LogP contribution is 2.11. The minimum atomic E-state index is 0.0848. The van der Waals surface area contributed by atoms with Crippen LogP contribution in [0.4, 0.5) is 0 Å². The molecule has 0 saturated heterocycles. The van der Waals surface area contributed by atoms with Crippen molar-refractivity contribution in [3.8, 4) is 12.0 Å². The van der Waals surface area contributed by atoms with Crippen molar-refractivity contribution in [2.75, 3.05) is 6.61 Å². The van der Waals surface area contributed by atoms with Gasteiger partial charge in [-0.2, -0.15) is 20.1 Å². The monoisotopic (exact) mass is 239 g/mol. The van der Waals surface area contributed by atoms with E-state index in [1.165, 1.54) is 4.68 Å². The molecule has 2 heterocycles. The van der Waals surface area contributed by atoms with Crippen LogP contribution in [-0.4, -0.2) is 31.3 Å². The molecule has 0 unspecified atom stereocenters. The summed E-state index contributed by atoms with van der Waals surface area (Å²) < 4.78 is 6.69. The number of ether oxygens (including phenoxy) is 1. The van der Waals surface area contributed by atoms with Crippen molar-refractivity contribution in [1.29, 1.82) is 0 Å². The van der Waals surface area contributed by atoms with Crippen LogP contribution in [0.3, 0.4) is 0 Å². The first-order chi connectivity index (χ1) is 7.69. The summed E-state index contributed by atoms with van der Waals surface area (Å²) in [5, 5.41) is 4.16. The molecule has 0 radical (unpaired) electrons. The molecule has 0 N–H and O–H groups in total. The van der Waals surface area contributed by atoms with Gasteiger partial charge in [-0.15, -0.1) is 0 Å². The summed E-state index contributed by atoms with van der Waals surface area (Å²) in [6.45, 7) is 4.24. The van der Waals surface area contributed by atoms with Gasteiger partial charge in [0.2, 0.25) is 5.28 Å². The second kappa shape index (κ2) is 4.44. The molecule has 0 aromatic carbocycles. The van der Waals surface area contributed by atoms with Gasteiger partial charge >= 0.3 is 6.01 Å². The van der Waals surface area contributed by atoms with Gasteiger partial charge in [-0.3, -0.25) is 0 Å². The topological polar surface area (TPSA) is 65.7 Å². The third-order valence-electron chi connectivity index (χ3n) is 1.77. The maximum absolute atomic E-state index is 5.76. The number of rotatable bonds is 3. The van der Waals surface area contributed by atoms with Crippen LogP contribution >= 0.6 is 11.6 Å². The number of halogens is 1. The minimum absolute atomic E-state index is 0.0848. The molecule has 0 aliphatic rings. The van der Waals surface area contributed by atoms with E-state index in [-0.39, 0.29) is 11.3 Å². The van der Waals surface area contributed by atoms with E-state index in [0.717, 1.165) is 5.56 Å². The fourth-order valence-corrected chi connectivity index (χ4v) is 1.29. The zero-order valence-electron chi connectivity index (χ0n) is 8.88. The smallest absolute Gasteiger partial charge is 0.322 e. The van der Waals surface area contributed by atoms with Gasteiger partial charge in [0.15, 0.2) is 0 Å². The fraction of sp³-hybridized carbons (Fsp3) is 0.333. The summed E-state index contributed by atoms with van der Waals surface area (Å²) in [7, 11) is 0. The quantitative estimate of drug-likeness (QED) is 0.810. The Kier molecular flexibility index (Phi) is 3.00. The van der Waals surface area contributed by atoms with Gasteiger partial charge in [-0.1, -0.05) is 0 Å². The van der Waals surface area contributed by atoms with Gasteiger partial charge in [-0.25, -0.2) is 4.68 Å². The molecule has 0 fully saturated rings. The summed E-state index contributed by atoms with van der Waals surface area (Å²) in [5.74, 6) is 0.344. The Morgan fingerprint density at radius 2 is 2.19 bits per heavy atom. The lowest BCUT2D eigenvalue weighted by atomic mass is 10.4. The summed E-state index contributed by atoms with van der Waals surface area (Å²) in [6, 6.07) is 0.200. The molecule has 0 spiro atoms. The van der Waals surface area contributed by atoms with Crippen molar-refractivity contribution >= 4 is 11.6 Å². The van der Waals surface area contributed by atoms with Crippen molar-refractivity contribution in [2.24, 2.45) is 0 Å². The molecule has 2 aromatic rings. The van der Waals surface area contributed by atoms with Crippen LogP contribution < -0.4 is 4.74 Å². The predicted octanol–water partition coefficient (Wildman–Crippen LogP) is 1.42. The lowest BCUT2D eigenvalue weighted by molar-refractivity contribution is 0.310. The average Bonchev–Trinajstić information content (AvgIpc) is 2.64. The Morgan fingerprint density at radius 3 is 2.81 bits per heavy atom. The molecule has 0 saturated carbocycles. The first-order valence-electron chi connectivity index (χ1n) is 4.75. The molecular formula is C9H10ClN5O. The Bertz CT molecular complexity index is 498. The molecule has 84 valence electrons. The summed E-state index contributed by atoms with van der Waals surface area (Å²) in [6.07, 6.45) is 3.50. The summed E-state index contributed by atoms with van der Waals surface area (Å²) >= 11 is 5.76. The van der Waals surface area contributed by atoms with Crippen LogP contribution in [0.5, 0.6) is 6.01 Å². The SMILES string of the molecule is CCOc1nc(Cl)nc(-n2cc(C)cn2)n1. The van der Waals surface area contributed by atoms with E-state index in [0.29, 0.717) is 12.6 Å². The second-order valence-electron chi connectivity index (χ2n) is 3.08. The Labute approximate surface area is 97.3 Å². The van der Waals surface area contributed by atoms with Crippen molar-refractivity contribution < 1.29 is 4.74 Å². The molecule has 2 rings (SSSR count). The molecule has 7 heteroatoms. The van der Waals surface area contributed by atoms with Crippen LogP contribution in [-0.2, 0) is 0 Å². The Balaban J connectivity index is 2.40. The van der Waals surface area contributed by atoms with Crippen molar-refractivity contribution in [3.05, 3.63) is 23.2 Å². The van der Waals surface area contributed by atoms with Crippen LogP contribution in [0.1, 0.15) is 12.5 Å². The third-order valence-corrected chi connectivity index (χ3v) is 1.93. The number of hydrogen-bond donors (Lipinski definition) is 0. The second-order valence-corrected chi connectivity index (χ2v) is 3.42. The molecular weight excluding hydrogens is 230 g/mol. The molecule has 2 aromatic heterocycles. The molecule has 0 amide bonds. The van der Waals surface area contributed by atoms with Gasteiger partial charge in [0.05, 0.1) is 12.8 Å². The first kappa shape index (κ1) is 10.8. The van der Waals surface area contributed by atoms with E-state index in [1.54, 1.807) is 12.4 Å². The van der Waals surface area contributed by atoms with Crippen LogP contribution in [0.15, 0.2) is 12.4 Å². The van der Waals surface area contributed by atoms with Crippen molar-refractivity contribution in [2.45, 2.75) is 13.8 Å². The molecule has 0 bridgehead atoms.